The topological polar surface area (TPSA) is 29.5 Å². The van der Waals surface area contributed by atoms with Gasteiger partial charge in [-0.3, -0.25) is 0 Å². The molecule has 1 fully saturated rings. The van der Waals surface area contributed by atoms with Crippen molar-refractivity contribution in [1.29, 1.82) is 0 Å². The minimum absolute atomic E-state index is 0.0219. The van der Waals surface area contributed by atoms with E-state index in [2.05, 4.69) is 0 Å². The van der Waals surface area contributed by atoms with Gasteiger partial charge >= 0.3 is 0 Å². The van der Waals surface area contributed by atoms with E-state index in [-0.39, 0.29) is 11.9 Å². The summed E-state index contributed by atoms with van der Waals surface area (Å²) in [6.07, 6.45) is 1.80. The van der Waals surface area contributed by atoms with Crippen molar-refractivity contribution < 1.29 is 14.2 Å². The van der Waals surface area contributed by atoms with Gasteiger partial charge in [0.1, 0.15) is 5.82 Å². The summed E-state index contributed by atoms with van der Waals surface area (Å²) < 4.78 is 19.4. The van der Waals surface area contributed by atoms with Crippen molar-refractivity contribution in [2.24, 2.45) is 0 Å². The molecule has 0 aromatic heterocycles. The highest BCUT2D eigenvalue weighted by molar-refractivity contribution is 5.29. The maximum absolute atomic E-state index is 13.8. The lowest BCUT2D eigenvalue weighted by Gasteiger charge is -2.37. The molecule has 0 aliphatic carbocycles. The first-order valence-electron chi connectivity index (χ1n) is 6.16. The van der Waals surface area contributed by atoms with Crippen molar-refractivity contribution in [1.82, 2.24) is 0 Å². The summed E-state index contributed by atoms with van der Waals surface area (Å²) >= 11 is 0. The molecule has 1 N–H and O–H groups in total. The Bertz CT molecular complexity index is 405. The fourth-order valence-electron chi connectivity index (χ4n) is 2.43. The second kappa shape index (κ2) is 4.75. The average Bonchev–Trinajstić information content (AvgIpc) is 2.32. The predicted molar refractivity (Wildman–Crippen MR) is 64.3 cm³/mol. The number of hydrogen-bond acceptors (Lipinski definition) is 2. The Labute approximate surface area is 101 Å². The molecular weight excluding hydrogens is 219 g/mol. The van der Waals surface area contributed by atoms with Crippen LogP contribution in [-0.4, -0.2) is 17.8 Å². The van der Waals surface area contributed by atoms with Gasteiger partial charge < -0.3 is 9.84 Å². The van der Waals surface area contributed by atoms with Gasteiger partial charge in [-0.1, -0.05) is 24.6 Å². The molecule has 1 saturated heterocycles. The molecule has 17 heavy (non-hydrogen) atoms. The summed E-state index contributed by atoms with van der Waals surface area (Å²) in [6.45, 7) is 4.41. The van der Waals surface area contributed by atoms with Crippen LogP contribution in [-0.2, 0) is 10.3 Å². The van der Waals surface area contributed by atoms with Crippen LogP contribution in [0.25, 0.3) is 0 Å². The molecule has 0 radical (unpaired) electrons. The Hall–Kier alpha value is -0.930. The van der Waals surface area contributed by atoms with E-state index < -0.39 is 5.60 Å². The van der Waals surface area contributed by atoms with Crippen LogP contribution in [0, 0.1) is 12.7 Å². The molecule has 3 heteroatoms. The minimum atomic E-state index is -1.07. The Morgan fingerprint density at radius 3 is 3.00 bits per heavy atom. The maximum Gasteiger partial charge on any atom is 0.129 e. The first-order valence-corrected chi connectivity index (χ1v) is 6.16. The van der Waals surface area contributed by atoms with Crippen LogP contribution in [0.2, 0.25) is 0 Å². The van der Waals surface area contributed by atoms with Gasteiger partial charge in [0.05, 0.1) is 18.3 Å². The van der Waals surface area contributed by atoms with Crippen LogP contribution in [0.4, 0.5) is 4.39 Å². The number of rotatable bonds is 2. The van der Waals surface area contributed by atoms with Crippen molar-refractivity contribution in [2.75, 3.05) is 6.61 Å². The second-order valence-electron chi connectivity index (χ2n) is 4.87. The number of aliphatic hydroxyl groups is 1. The summed E-state index contributed by atoms with van der Waals surface area (Å²) in [4.78, 5) is 0. The highest BCUT2D eigenvalue weighted by Crippen LogP contribution is 2.37. The predicted octanol–water partition coefficient (Wildman–Crippen LogP) is 2.91. The van der Waals surface area contributed by atoms with E-state index in [1.165, 1.54) is 6.07 Å². The zero-order valence-electron chi connectivity index (χ0n) is 10.4. The molecule has 0 spiro atoms. The summed E-state index contributed by atoms with van der Waals surface area (Å²) in [5.74, 6) is -0.324. The van der Waals surface area contributed by atoms with Crippen LogP contribution in [0.15, 0.2) is 18.2 Å². The minimum Gasteiger partial charge on any atom is -0.385 e. The maximum atomic E-state index is 13.8. The number of ether oxygens (including phenoxy) is 1. The van der Waals surface area contributed by atoms with E-state index in [1.807, 2.05) is 13.8 Å². The Balaban J connectivity index is 2.33. The van der Waals surface area contributed by atoms with Crippen molar-refractivity contribution in [3.63, 3.8) is 0 Å². The molecule has 2 nitrogen and oxygen atoms in total. The average molecular weight is 238 g/mol. The van der Waals surface area contributed by atoms with Crippen molar-refractivity contribution in [3.8, 4) is 0 Å². The van der Waals surface area contributed by atoms with E-state index in [4.69, 9.17) is 4.74 Å². The lowest BCUT2D eigenvalue weighted by Crippen LogP contribution is -2.39. The molecule has 1 aromatic carbocycles. The fraction of sp³-hybridized carbons (Fsp3) is 0.571. The number of hydrogen-bond donors (Lipinski definition) is 1. The van der Waals surface area contributed by atoms with Crippen molar-refractivity contribution >= 4 is 0 Å². The number of halogens is 1. The summed E-state index contributed by atoms with van der Waals surface area (Å²) in [5, 5.41) is 10.6. The monoisotopic (exact) mass is 238 g/mol. The van der Waals surface area contributed by atoms with E-state index in [1.54, 1.807) is 12.1 Å². The lowest BCUT2D eigenvalue weighted by molar-refractivity contribution is -0.110. The molecule has 1 heterocycles. The molecule has 2 atom stereocenters. The summed E-state index contributed by atoms with van der Waals surface area (Å²) in [7, 11) is 0. The lowest BCUT2D eigenvalue weighted by atomic mass is 9.82. The van der Waals surface area contributed by atoms with Gasteiger partial charge in [-0.2, -0.15) is 0 Å². The van der Waals surface area contributed by atoms with E-state index in [0.717, 1.165) is 12.0 Å². The zero-order valence-corrected chi connectivity index (χ0v) is 10.4. The van der Waals surface area contributed by atoms with Crippen molar-refractivity contribution in [3.05, 3.63) is 35.1 Å². The fourth-order valence-corrected chi connectivity index (χ4v) is 2.43. The molecular formula is C14H19FO2. The second-order valence-corrected chi connectivity index (χ2v) is 4.87. The Kier molecular flexibility index (Phi) is 3.50. The van der Waals surface area contributed by atoms with E-state index >= 15 is 0 Å². The first kappa shape index (κ1) is 12.5. The van der Waals surface area contributed by atoms with E-state index in [9.17, 15) is 9.50 Å². The van der Waals surface area contributed by atoms with Gasteiger partial charge in [-0.15, -0.1) is 0 Å². The van der Waals surface area contributed by atoms with Gasteiger partial charge in [0.2, 0.25) is 0 Å². The molecule has 0 bridgehead atoms. The normalized spacial score (nSPS) is 29.3. The first-order chi connectivity index (χ1) is 8.05. The summed E-state index contributed by atoms with van der Waals surface area (Å²) in [5.41, 5.74) is 0.309. The van der Waals surface area contributed by atoms with Crippen LogP contribution in [0.3, 0.4) is 0 Å². The largest absolute Gasteiger partial charge is 0.385 e. The highest BCUT2D eigenvalue weighted by Gasteiger charge is 2.37. The van der Waals surface area contributed by atoms with Gasteiger partial charge in [0, 0.05) is 18.4 Å². The van der Waals surface area contributed by atoms with Crippen LogP contribution < -0.4 is 0 Å². The molecule has 2 unspecified atom stereocenters. The Morgan fingerprint density at radius 2 is 2.29 bits per heavy atom. The van der Waals surface area contributed by atoms with Gasteiger partial charge in [0.25, 0.3) is 0 Å². The zero-order chi connectivity index (χ0) is 12.5. The smallest absolute Gasteiger partial charge is 0.129 e. The molecule has 1 aromatic rings. The highest BCUT2D eigenvalue weighted by atomic mass is 19.1. The molecule has 1 aliphatic heterocycles. The van der Waals surface area contributed by atoms with Crippen LogP contribution in [0.5, 0.6) is 0 Å². The molecule has 94 valence electrons. The van der Waals surface area contributed by atoms with Crippen molar-refractivity contribution in [2.45, 2.75) is 44.8 Å². The molecule has 1 aliphatic rings. The molecule has 0 saturated carbocycles. The van der Waals surface area contributed by atoms with Gasteiger partial charge in [0.15, 0.2) is 0 Å². The molecule has 2 rings (SSSR count). The summed E-state index contributed by atoms with van der Waals surface area (Å²) in [6, 6.07) is 4.89. The SMILES string of the molecule is CCC1CC(O)(c2cc(C)ccc2F)CCO1. The quantitative estimate of drug-likeness (QED) is 0.858. The molecule has 0 amide bonds. The standard InChI is InChI=1S/C14H19FO2/c1-3-11-9-14(16,6-7-17-11)12-8-10(2)4-5-13(12)15/h4-5,8,11,16H,3,6-7,9H2,1-2H3. The van der Waals surface area contributed by atoms with Crippen LogP contribution in [0.1, 0.15) is 37.3 Å². The van der Waals surface area contributed by atoms with Gasteiger partial charge in [-0.25, -0.2) is 4.39 Å². The van der Waals surface area contributed by atoms with Gasteiger partial charge in [-0.05, 0) is 19.4 Å². The van der Waals surface area contributed by atoms with Crippen LogP contribution >= 0.6 is 0 Å². The third kappa shape index (κ3) is 2.50. The third-order valence-corrected chi connectivity index (χ3v) is 3.51. The number of aryl methyl sites for hydroxylation is 1. The number of benzene rings is 1. The Morgan fingerprint density at radius 1 is 1.53 bits per heavy atom. The van der Waals surface area contributed by atoms with E-state index in [0.29, 0.717) is 25.0 Å². The third-order valence-electron chi connectivity index (χ3n) is 3.51.